The van der Waals surface area contributed by atoms with Gasteiger partial charge in [0.1, 0.15) is 0 Å². The van der Waals surface area contributed by atoms with E-state index in [1.54, 1.807) is 0 Å². The molecule has 3 aliphatic rings. The van der Waals surface area contributed by atoms with Crippen molar-refractivity contribution >= 4 is 0 Å². The Bertz CT molecular complexity index is 312. The molecule has 0 amide bonds. The molecule has 0 spiro atoms. The van der Waals surface area contributed by atoms with Crippen LogP contribution in [0.1, 0.15) is 58.8 Å². The van der Waals surface area contributed by atoms with Crippen LogP contribution in [0.2, 0.25) is 0 Å². The summed E-state index contributed by atoms with van der Waals surface area (Å²) in [7, 11) is 0. The van der Waals surface area contributed by atoms with Crippen LogP contribution in [0.4, 0.5) is 0 Å². The molecule has 2 unspecified atom stereocenters. The van der Waals surface area contributed by atoms with E-state index < -0.39 is 0 Å². The van der Waals surface area contributed by atoms with Crippen molar-refractivity contribution in [2.24, 2.45) is 5.92 Å². The van der Waals surface area contributed by atoms with Crippen molar-refractivity contribution in [3.05, 3.63) is 0 Å². The molecule has 0 radical (unpaired) electrons. The lowest BCUT2D eigenvalue weighted by Crippen LogP contribution is -2.51. The summed E-state index contributed by atoms with van der Waals surface area (Å²) < 4.78 is 6.16. The number of ether oxygens (including phenoxy) is 1. The van der Waals surface area contributed by atoms with Gasteiger partial charge in [0.25, 0.3) is 0 Å². The molecule has 0 bridgehead atoms. The first kappa shape index (κ1) is 14.8. The van der Waals surface area contributed by atoms with E-state index in [1.807, 2.05) is 0 Å². The summed E-state index contributed by atoms with van der Waals surface area (Å²) in [4.78, 5) is 2.80. The van der Waals surface area contributed by atoms with E-state index in [2.05, 4.69) is 24.1 Å². The fourth-order valence-electron chi connectivity index (χ4n) is 4.18. The van der Waals surface area contributed by atoms with Crippen LogP contribution in [0.15, 0.2) is 0 Å². The summed E-state index contributed by atoms with van der Waals surface area (Å²) in [5.74, 6) is 0.970. The SMILES string of the molecule is CCC1(CC)CC(N2CCCNC(C3CC3)C2)CCO1. The molecular formula is C17H32N2O. The Balaban J connectivity index is 1.64. The standard InChI is InChI=1S/C17H32N2O/c1-3-17(4-2)12-15(8-11-20-17)19-10-5-9-18-16(13-19)14-6-7-14/h14-16,18H,3-13H2,1-2H3. The van der Waals surface area contributed by atoms with Crippen molar-refractivity contribution in [2.75, 3.05) is 26.2 Å². The molecule has 116 valence electrons. The molecule has 2 aliphatic heterocycles. The lowest BCUT2D eigenvalue weighted by Gasteiger charge is -2.44. The molecule has 2 heterocycles. The van der Waals surface area contributed by atoms with Crippen LogP contribution in [-0.4, -0.2) is 48.8 Å². The summed E-state index contributed by atoms with van der Waals surface area (Å²) in [6.45, 7) is 9.33. The topological polar surface area (TPSA) is 24.5 Å². The van der Waals surface area contributed by atoms with E-state index in [1.165, 1.54) is 51.7 Å². The van der Waals surface area contributed by atoms with E-state index >= 15 is 0 Å². The molecular weight excluding hydrogens is 248 g/mol. The second-order valence-corrected chi connectivity index (χ2v) is 7.13. The minimum absolute atomic E-state index is 0.164. The summed E-state index contributed by atoms with van der Waals surface area (Å²) in [5, 5.41) is 3.79. The van der Waals surface area contributed by atoms with Crippen LogP contribution in [-0.2, 0) is 4.74 Å². The number of nitrogens with one attached hydrogen (secondary N) is 1. The molecule has 0 aromatic carbocycles. The highest BCUT2D eigenvalue weighted by molar-refractivity contribution is 4.94. The highest BCUT2D eigenvalue weighted by Crippen LogP contribution is 2.36. The monoisotopic (exact) mass is 280 g/mol. The summed E-state index contributed by atoms with van der Waals surface area (Å²) in [6, 6.07) is 1.52. The van der Waals surface area contributed by atoms with Crippen molar-refractivity contribution in [3.8, 4) is 0 Å². The average molecular weight is 280 g/mol. The maximum Gasteiger partial charge on any atom is 0.0692 e. The second kappa shape index (κ2) is 6.33. The molecule has 1 aliphatic carbocycles. The molecule has 0 aromatic rings. The third-order valence-corrected chi connectivity index (χ3v) is 5.92. The fraction of sp³-hybridized carbons (Fsp3) is 1.00. The number of hydrogen-bond acceptors (Lipinski definition) is 3. The van der Waals surface area contributed by atoms with Crippen LogP contribution in [0.5, 0.6) is 0 Å². The van der Waals surface area contributed by atoms with Gasteiger partial charge >= 0.3 is 0 Å². The molecule has 3 nitrogen and oxygen atoms in total. The van der Waals surface area contributed by atoms with Crippen LogP contribution < -0.4 is 5.32 Å². The first-order valence-electron chi connectivity index (χ1n) is 8.88. The minimum Gasteiger partial charge on any atom is -0.375 e. The van der Waals surface area contributed by atoms with Gasteiger partial charge in [-0.1, -0.05) is 13.8 Å². The van der Waals surface area contributed by atoms with Crippen molar-refractivity contribution in [3.63, 3.8) is 0 Å². The lowest BCUT2D eigenvalue weighted by atomic mass is 9.85. The van der Waals surface area contributed by atoms with Crippen molar-refractivity contribution in [1.29, 1.82) is 0 Å². The quantitative estimate of drug-likeness (QED) is 0.857. The second-order valence-electron chi connectivity index (χ2n) is 7.13. The summed E-state index contributed by atoms with van der Waals surface area (Å²) in [6.07, 6.45) is 9.03. The smallest absolute Gasteiger partial charge is 0.0692 e. The predicted molar refractivity (Wildman–Crippen MR) is 83.0 cm³/mol. The van der Waals surface area contributed by atoms with E-state index in [0.717, 1.165) is 37.5 Å². The zero-order valence-electron chi connectivity index (χ0n) is 13.4. The van der Waals surface area contributed by atoms with Crippen molar-refractivity contribution in [1.82, 2.24) is 10.2 Å². The third kappa shape index (κ3) is 3.20. The molecule has 2 atom stereocenters. The highest BCUT2D eigenvalue weighted by atomic mass is 16.5. The normalized spacial score (nSPS) is 35.7. The van der Waals surface area contributed by atoms with Gasteiger partial charge in [0.05, 0.1) is 5.60 Å². The van der Waals surface area contributed by atoms with Crippen molar-refractivity contribution < 1.29 is 4.74 Å². The fourth-order valence-corrected chi connectivity index (χ4v) is 4.18. The average Bonchev–Trinajstić information content (AvgIpc) is 3.32. The maximum absolute atomic E-state index is 6.16. The Labute approximate surface area is 124 Å². The first-order valence-corrected chi connectivity index (χ1v) is 8.88. The Hall–Kier alpha value is -0.120. The number of hydrogen-bond donors (Lipinski definition) is 1. The Kier molecular flexibility index (Phi) is 4.68. The molecule has 20 heavy (non-hydrogen) atoms. The Morgan fingerprint density at radius 2 is 2.00 bits per heavy atom. The molecule has 3 fully saturated rings. The van der Waals surface area contributed by atoms with Gasteiger partial charge in [-0.2, -0.15) is 0 Å². The van der Waals surface area contributed by atoms with Crippen LogP contribution in [0, 0.1) is 5.92 Å². The largest absolute Gasteiger partial charge is 0.375 e. The lowest BCUT2D eigenvalue weighted by molar-refractivity contribution is -0.110. The van der Waals surface area contributed by atoms with E-state index in [-0.39, 0.29) is 5.60 Å². The summed E-state index contributed by atoms with van der Waals surface area (Å²) in [5.41, 5.74) is 0.164. The van der Waals surface area contributed by atoms with Gasteiger partial charge in [0, 0.05) is 25.2 Å². The van der Waals surface area contributed by atoms with Crippen molar-refractivity contribution in [2.45, 2.75) is 76.5 Å². The molecule has 1 saturated carbocycles. The molecule has 0 aromatic heterocycles. The predicted octanol–water partition coefficient (Wildman–Crippen LogP) is 2.80. The molecule has 1 N–H and O–H groups in total. The molecule has 3 rings (SSSR count). The van der Waals surface area contributed by atoms with Gasteiger partial charge in [-0.3, -0.25) is 4.90 Å². The van der Waals surface area contributed by atoms with Gasteiger partial charge in [-0.15, -0.1) is 0 Å². The van der Waals surface area contributed by atoms with E-state index in [4.69, 9.17) is 4.74 Å². The van der Waals surface area contributed by atoms with Crippen LogP contribution in [0.3, 0.4) is 0 Å². The zero-order valence-corrected chi connectivity index (χ0v) is 13.4. The van der Waals surface area contributed by atoms with Gasteiger partial charge < -0.3 is 10.1 Å². The third-order valence-electron chi connectivity index (χ3n) is 5.92. The van der Waals surface area contributed by atoms with E-state index in [9.17, 15) is 0 Å². The maximum atomic E-state index is 6.16. The number of rotatable bonds is 4. The zero-order chi connectivity index (χ0) is 14.0. The minimum atomic E-state index is 0.164. The van der Waals surface area contributed by atoms with Crippen LogP contribution >= 0.6 is 0 Å². The Morgan fingerprint density at radius 3 is 2.70 bits per heavy atom. The van der Waals surface area contributed by atoms with Gasteiger partial charge in [-0.05, 0) is 64.0 Å². The van der Waals surface area contributed by atoms with Gasteiger partial charge in [0.2, 0.25) is 0 Å². The van der Waals surface area contributed by atoms with E-state index in [0.29, 0.717) is 0 Å². The Morgan fingerprint density at radius 1 is 1.20 bits per heavy atom. The van der Waals surface area contributed by atoms with Gasteiger partial charge in [0.15, 0.2) is 0 Å². The highest BCUT2D eigenvalue weighted by Gasteiger charge is 2.39. The summed E-state index contributed by atoms with van der Waals surface area (Å²) >= 11 is 0. The van der Waals surface area contributed by atoms with Crippen LogP contribution in [0.25, 0.3) is 0 Å². The molecule has 3 heteroatoms. The first-order chi connectivity index (χ1) is 9.76. The molecule has 2 saturated heterocycles. The van der Waals surface area contributed by atoms with Gasteiger partial charge in [-0.25, -0.2) is 0 Å². The number of nitrogens with zero attached hydrogens (tertiary/aromatic N) is 1.